The molecule has 0 saturated carbocycles. The predicted octanol–water partition coefficient (Wildman–Crippen LogP) is 2.38. The van der Waals surface area contributed by atoms with E-state index < -0.39 is 0 Å². The third-order valence-electron chi connectivity index (χ3n) is 1.91. The normalized spacial score (nSPS) is 12.2. The zero-order valence-electron chi connectivity index (χ0n) is 8.08. The van der Waals surface area contributed by atoms with Crippen LogP contribution in [0.2, 0.25) is 0 Å². The first-order valence-corrected chi connectivity index (χ1v) is 4.49. The van der Waals surface area contributed by atoms with Crippen LogP contribution in [0, 0.1) is 6.92 Å². The Morgan fingerprint density at radius 2 is 2.00 bits per heavy atom. The molecule has 1 rings (SSSR count). The van der Waals surface area contributed by atoms with E-state index >= 15 is 0 Å². The zero-order valence-corrected chi connectivity index (χ0v) is 8.08. The molecule has 1 aromatic carbocycles. The Morgan fingerprint density at radius 1 is 1.38 bits per heavy atom. The van der Waals surface area contributed by atoms with E-state index in [9.17, 15) is 4.79 Å². The van der Waals surface area contributed by atoms with E-state index in [0.29, 0.717) is 6.42 Å². The second-order valence-corrected chi connectivity index (χ2v) is 3.31. The number of aryl methyl sites for hydroxylation is 1. The molecule has 0 unspecified atom stereocenters. The maximum Gasteiger partial charge on any atom is 0.122 e. The maximum absolute atomic E-state index is 10.2. The molecule has 0 heterocycles. The molecule has 0 radical (unpaired) electrons. The van der Waals surface area contributed by atoms with Crippen molar-refractivity contribution >= 4 is 12.0 Å². The molecule has 0 aliphatic carbocycles. The highest BCUT2D eigenvalue weighted by Crippen LogP contribution is 2.10. The summed E-state index contributed by atoms with van der Waals surface area (Å²) < 4.78 is 0. The minimum Gasteiger partial charge on any atom is -0.382 e. The molecule has 13 heavy (non-hydrogen) atoms. The van der Waals surface area contributed by atoms with Crippen molar-refractivity contribution < 1.29 is 4.79 Å². The molecule has 0 fully saturated rings. The zero-order chi connectivity index (χ0) is 9.68. The lowest BCUT2D eigenvalue weighted by Crippen LogP contribution is -2.15. The standard InChI is InChI=1S/C11H15NO/c1-9-3-5-11(6-4-9)12-10(2)7-8-13/h3-6,8,10,12H,7H2,1-2H3/t10-/m0/s1. The van der Waals surface area contributed by atoms with Crippen LogP contribution in [0.15, 0.2) is 24.3 Å². The molecule has 0 saturated heterocycles. The number of benzene rings is 1. The monoisotopic (exact) mass is 177 g/mol. The molecule has 2 nitrogen and oxygen atoms in total. The topological polar surface area (TPSA) is 29.1 Å². The SMILES string of the molecule is Cc1ccc(N[C@@H](C)CC=O)cc1. The summed E-state index contributed by atoms with van der Waals surface area (Å²) in [5.74, 6) is 0. The first-order valence-electron chi connectivity index (χ1n) is 4.49. The van der Waals surface area contributed by atoms with Crippen LogP contribution >= 0.6 is 0 Å². The Bertz CT molecular complexity index is 266. The summed E-state index contributed by atoms with van der Waals surface area (Å²) in [5.41, 5.74) is 2.31. The highest BCUT2D eigenvalue weighted by Gasteiger charge is 1.99. The summed E-state index contributed by atoms with van der Waals surface area (Å²) in [6.45, 7) is 4.05. The fourth-order valence-corrected chi connectivity index (χ4v) is 1.14. The van der Waals surface area contributed by atoms with Crippen LogP contribution in [0.3, 0.4) is 0 Å². The highest BCUT2D eigenvalue weighted by atomic mass is 16.1. The van der Waals surface area contributed by atoms with Crippen molar-refractivity contribution in [3.63, 3.8) is 0 Å². The van der Waals surface area contributed by atoms with Crippen LogP contribution in [-0.4, -0.2) is 12.3 Å². The largest absolute Gasteiger partial charge is 0.382 e. The van der Waals surface area contributed by atoms with E-state index in [-0.39, 0.29) is 6.04 Å². The van der Waals surface area contributed by atoms with Gasteiger partial charge in [0.2, 0.25) is 0 Å². The molecule has 0 amide bonds. The van der Waals surface area contributed by atoms with E-state index in [1.807, 2.05) is 19.1 Å². The van der Waals surface area contributed by atoms with Gasteiger partial charge in [-0.05, 0) is 26.0 Å². The van der Waals surface area contributed by atoms with Gasteiger partial charge in [-0.2, -0.15) is 0 Å². The van der Waals surface area contributed by atoms with Gasteiger partial charge >= 0.3 is 0 Å². The van der Waals surface area contributed by atoms with Crippen molar-refractivity contribution in [2.24, 2.45) is 0 Å². The van der Waals surface area contributed by atoms with E-state index in [2.05, 4.69) is 24.4 Å². The average molecular weight is 177 g/mol. The third-order valence-corrected chi connectivity index (χ3v) is 1.91. The molecule has 70 valence electrons. The van der Waals surface area contributed by atoms with Crippen LogP contribution in [0.1, 0.15) is 18.9 Å². The molecule has 2 heteroatoms. The summed E-state index contributed by atoms with van der Waals surface area (Å²) in [5, 5.41) is 3.24. The predicted molar refractivity (Wildman–Crippen MR) is 54.9 cm³/mol. The second kappa shape index (κ2) is 4.65. The quantitative estimate of drug-likeness (QED) is 0.715. The van der Waals surface area contributed by atoms with Crippen molar-refractivity contribution in [3.05, 3.63) is 29.8 Å². The van der Waals surface area contributed by atoms with Crippen molar-refractivity contribution in [1.82, 2.24) is 0 Å². The molecule has 0 spiro atoms. The Labute approximate surface area is 79.0 Å². The third kappa shape index (κ3) is 3.28. The minimum absolute atomic E-state index is 0.209. The van der Waals surface area contributed by atoms with Crippen LogP contribution in [0.25, 0.3) is 0 Å². The first kappa shape index (κ1) is 9.78. The Balaban J connectivity index is 2.53. The summed E-state index contributed by atoms with van der Waals surface area (Å²) in [6, 6.07) is 8.36. The minimum atomic E-state index is 0.209. The molecule has 1 N–H and O–H groups in total. The van der Waals surface area contributed by atoms with Gasteiger partial charge in [0.15, 0.2) is 0 Å². The van der Waals surface area contributed by atoms with Gasteiger partial charge in [0.25, 0.3) is 0 Å². The van der Waals surface area contributed by atoms with Crippen molar-refractivity contribution in [2.45, 2.75) is 26.3 Å². The van der Waals surface area contributed by atoms with Gasteiger partial charge in [-0.15, -0.1) is 0 Å². The molecular formula is C11H15NO. The molecule has 0 aliphatic heterocycles. The second-order valence-electron chi connectivity index (χ2n) is 3.31. The van der Waals surface area contributed by atoms with Crippen molar-refractivity contribution in [2.75, 3.05) is 5.32 Å². The van der Waals surface area contributed by atoms with Crippen LogP contribution in [0.4, 0.5) is 5.69 Å². The van der Waals surface area contributed by atoms with Crippen LogP contribution in [0.5, 0.6) is 0 Å². The molecule has 0 bridgehead atoms. The first-order chi connectivity index (χ1) is 6.22. The summed E-state index contributed by atoms with van der Waals surface area (Å²) in [4.78, 5) is 10.2. The van der Waals surface area contributed by atoms with Crippen molar-refractivity contribution in [1.29, 1.82) is 0 Å². The Hall–Kier alpha value is -1.31. The number of hydrogen-bond donors (Lipinski definition) is 1. The lowest BCUT2D eigenvalue weighted by Gasteiger charge is -2.12. The van der Waals surface area contributed by atoms with Gasteiger partial charge in [0.1, 0.15) is 6.29 Å². The number of carbonyl (C=O) groups excluding carboxylic acids is 1. The van der Waals surface area contributed by atoms with Gasteiger partial charge in [-0.1, -0.05) is 17.7 Å². The molecule has 0 aliphatic rings. The number of aldehydes is 1. The highest BCUT2D eigenvalue weighted by molar-refractivity contribution is 5.53. The number of rotatable bonds is 4. The number of anilines is 1. The Kier molecular flexibility index (Phi) is 3.50. The van der Waals surface area contributed by atoms with Crippen molar-refractivity contribution in [3.8, 4) is 0 Å². The number of hydrogen-bond acceptors (Lipinski definition) is 2. The summed E-state index contributed by atoms with van der Waals surface area (Å²) >= 11 is 0. The van der Waals surface area contributed by atoms with E-state index in [0.717, 1.165) is 12.0 Å². The van der Waals surface area contributed by atoms with E-state index in [1.165, 1.54) is 5.56 Å². The van der Waals surface area contributed by atoms with Gasteiger partial charge in [0, 0.05) is 18.2 Å². The lowest BCUT2D eigenvalue weighted by molar-refractivity contribution is -0.107. The Morgan fingerprint density at radius 3 is 2.54 bits per heavy atom. The van der Waals surface area contributed by atoms with Gasteiger partial charge in [-0.25, -0.2) is 0 Å². The van der Waals surface area contributed by atoms with Crippen LogP contribution < -0.4 is 5.32 Å². The number of nitrogens with one attached hydrogen (secondary N) is 1. The van der Waals surface area contributed by atoms with Gasteiger partial charge in [-0.3, -0.25) is 0 Å². The average Bonchev–Trinajstić information content (AvgIpc) is 2.09. The van der Waals surface area contributed by atoms with Gasteiger partial charge in [0.05, 0.1) is 0 Å². The molecule has 1 aromatic rings. The summed E-state index contributed by atoms with van der Waals surface area (Å²) in [7, 11) is 0. The fourth-order valence-electron chi connectivity index (χ4n) is 1.14. The smallest absolute Gasteiger partial charge is 0.122 e. The molecular weight excluding hydrogens is 162 g/mol. The fraction of sp³-hybridized carbons (Fsp3) is 0.364. The van der Waals surface area contributed by atoms with Gasteiger partial charge < -0.3 is 10.1 Å². The molecule has 0 aromatic heterocycles. The van der Waals surface area contributed by atoms with E-state index in [1.54, 1.807) is 0 Å². The maximum atomic E-state index is 10.2. The number of carbonyl (C=O) groups is 1. The van der Waals surface area contributed by atoms with Crippen LogP contribution in [-0.2, 0) is 4.79 Å². The molecule has 1 atom stereocenters. The summed E-state index contributed by atoms with van der Waals surface area (Å²) in [6.07, 6.45) is 1.49. The lowest BCUT2D eigenvalue weighted by atomic mass is 10.2. The van der Waals surface area contributed by atoms with E-state index in [4.69, 9.17) is 0 Å².